The molecule has 166 valence electrons. The van der Waals surface area contributed by atoms with E-state index in [1.54, 1.807) is 6.07 Å². The molecule has 2 aliphatic rings. The van der Waals surface area contributed by atoms with Crippen molar-refractivity contribution < 1.29 is 17.9 Å². The Morgan fingerprint density at radius 1 is 0.781 bits per heavy atom. The predicted octanol–water partition coefficient (Wildman–Crippen LogP) is 6.56. The summed E-state index contributed by atoms with van der Waals surface area (Å²) in [5.41, 5.74) is 4.72. The summed E-state index contributed by atoms with van der Waals surface area (Å²) in [7, 11) is 0. The Labute approximate surface area is 186 Å². The molecule has 0 bridgehead atoms. The fourth-order valence-corrected chi connectivity index (χ4v) is 5.22. The number of likely N-dealkylation sites (tertiary alicyclic amines) is 1. The molecule has 1 aliphatic heterocycles. The number of hydrogen-bond donors (Lipinski definition) is 0. The molecular formula is C27H26F3NO. The monoisotopic (exact) mass is 437 g/mol. The zero-order valence-corrected chi connectivity index (χ0v) is 17.8. The van der Waals surface area contributed by atoms with Crippen LogP contribution in [0.1, 0.15) is 17.5 Å². The summed E-state index contributed by atoms with van der Waals surface area (Å²) in [5.74, 6) is 2.02. The van der Waals surface area contributed by atoms with Crippen molar-refractivity contribution in [1.82, 2.24) is 4.90 Å². The number of benzene rings is 3. The fraction of sp³-hybridized carbons (Fsp3) is 0.333. The Bertz CT molecular complexity index is 1040. The predicted molar refractivity (Wildman–Crippen MR) is 119 cm³/mol. The highest BCUT2D eigenvalue weighted by molar-refractivity contribution is 5.63. The average Bonchev–Trinajstić information content (AvgIpc) is 3.23. The zero-order chi connectivity index (χ0) is 22.1. The first-order valence-electron chi connectivity index (χ1n) is 11.2. The molecule has 2 nitrogen and oxygen atoms in total. The maximum atomic E-state index is 12.4. The highest BCUT2D eigenvalue weighted by Gasteiger charge is 2.54. The maximum Gasteiger partial charge on any atom is 0.573 e. The second-order valence-electron chi connectivity index (χ2n) is 8.98. The number of ether oxygens (including phenoxy) is 1. The van der Waals surface area contributed by atoms with Gasteiger partial charge in [0.15, 0.2) is 0 Å². The van der Waals surface area contributed by atoms with Crippen LogP contribution in [0.25, 0.3) is 11.1 Å². The molecule has 1 saturated carbocycles. The second-order valence-corrected chi connectivity index (χ2v) is 8.98. The Balaban J connectivity index is 1.09. The van der Waals surface area contributed by atoms with E-state index in [1.807, 2.05) is 12.1 Å². The minimum absolute atomic E-state index is 0.129. The van der Waals surface area contributed by atoms with E-state index in [9.17, 15) is 13.2 Å². The standard InChI is InChI=1S/C27H26F3NO/c28-27(29,30)32-23-8-4-5-19(15-23)11-14-24-25-17-31(18-26(24)25)16-20-9-12-22(13-10-20)21-6-2-1-3-7-21/h1-10,12-13,15,24-26H,11,14,16-18H2. The molecule has 32 heavy (non-hydrogen) atoms. The third kappa shape index (κ3) is 4.99. The normalized spacial score (nSPS) is 22.5. The van der Waals surface area contributed by atoms with Gasteiger partial charge in [0.1, 0.15) is 5.75 Å². The van der Waals surface area contributed by atoms with E-state index < -0.39 is 6.36 Å². The van der Waals surface area contributed by atoms with Gasteiger partial charge in [-0.2, -0.15) is 0 Å². The van der Waals surface area contributed by atoms with Crippen LogP contribution >= 0.6 is 0 Å². The van der Waals surface area contributed by atoms with Crippen molar-refractivity contribution >= 4 is 0 Å². The third-order valence-corrected chi connectivity index (χ3v) is 6.81. The lowest BCUT2D eigenvalue weighted by atomic mass is 10.0. The van der Waals surface area contributed by atoms with Crippen LogP contribution in [0.3, 0.4) is 0 Å². The smallest absolute Gasteiger partial charge is 0.406 e. The van der Waals surface area contributed by atoms with Gasteiger partial charge in [-0.05, 0) is 65.0 Å². The van der Waals surface area contributed by atoms with Gasteiger partial charge in [0, 0.05) is 19.6 Å². The average molecular weight is 438 g/mol. The number of nitrogens with zero attached hydrogens (tertiary/aromatic N) is 1. The molecule has 0 radical (unpaired) electrons. The lowest BCUT2D eigenvalue weighted by molar-refractivity contribution is -0.274. The van der Waals surface area contributed by atoms with Gasteiger partial charge < -0.3 is 4.74 Å². The zero-order valence-electron chi connectivity index (χ0n) is 17.8. The van der Waals surface area contributed by atoms with Gasteiger partial charge in [-0.25, -0.2) is 0 Å². The Morgan fingerprint density at radius 2 is 1.47 bits per heavy atom. The summed E-state index contributed by atoms with van der Waals surface area (Å²) >= 11 is 0. The Hall–Kier alpha value is -2.79. The number of rotatable bonds is 7. The van der Waals surface area contributed by atoms with Crippen molar-refractivity contribution in [2.45, 2.75) is 25.7 Å². The number of aryl methyl sites for hydroxylation is 1. The van der Waals surface area contributed by atoms with Crippen LogP contribution in [0.4, 0.5) is 13.2 Å². The van der Waals surface area contributed by atoms with Crippen LogP contribution in [0.5, 0.6) is 5.75 Å². The summed E-state index contributed by atoms with van der Waals surface area (Å²) < 4.78 is 41.3. The summed E-state index contributed by atoms with van der Waals surface area (Å²) in [4.78, 5) is 2.53. The van der Waals surface area contributed by atoms with Crippen molar-refractivity contribution in [2.24, 2.45) is 17.8 Å². The molecule has 1 heterocycles. The first-order chi connectivity index (χ1) is 15.4. The molecule has 2 fully saturated rings. The molecule has 5 heteroatoms. The highest BCUT2D eigenvalue weighted by Crippen LogP contribution is 2.54. The van der Waals surface area contributed by atoms with Crippen molar-refractivity contribution in [2.75, 3.05) is 13.1 Å². The molecular weight excluding hydrogens is 411 g/mol. The number of fused-ring (bicyclic) bond motifs is 1. The van der Waals surface area contributed by atoms with E-state index in [0.29, 0.717) is 5.92 Å². The Morgan fingerprint density at radius 3 is 2.16 bits per heavy atom. The lowest BCUT2D eigenvalue weighted by Crippen LogP contribution is -2.24. The molecule has 1 aliphatic carbocycles. The molecule has 5 rings (SSSR count). The highest BCUT2D eigenvalue weighted by atomic mass is 19.4. The largest absolute Gasteiger partial charge is 0.573 e. The summed E-state index contributed by atoms with van der Waals surface area (Å²) in [6.07, 6.45) is -2.81. The Kier molecular flexibility index (Phi) is 5.68. The first-order valence-corrected chi connectivity index (χ1v) is 11.2. The van der Waals surface area contributed by atoms with Crippen LogP contribution in [0, 0.1) is 17.8 Å². The van der Waals surface area contributed by atoms with Crippen LogP contribution in [-0.4, -0.2) is 24.4 Å². The van der Waals surface area contributed by atoms with Crippen LogP contribution < -0.4 is 4.74 Å². The van der Waals surface area contributed by atoms with Gasteiger partial charge >= 0.3 is 6.36 Å². The molecule has 1 saturated heterocycles. The SMILES string of the molecule is FC(F)(F)Oc1cccc(CCC2C3CN(Cc4ccc(-c5ccccc5)cc4)CC23)c1. The van der Waals surface area contributed by atoms with Crippen molar-refractivity contribution in [3.8, 4) is 16.9 Å². The maximum absolute atomic E-state index is 12.4. The second kappa shape index (κ2) is 8.62. The molecule has 2 unspecified atom stereocenters. The van der Waals surface area contributed by atoms with Gasteiger partial charge in [-0.15, -0.1) is 13.2 Å². The summed E-state index contributed by atoms with van der Waals surface area (Å²) in [6.45, 7) is 3.21. The van der Waals surface area contributed by atoms with Crippen molar-refractivity contribution in [1.29, 1.82) is 0 Å². The van der Waals surface area contributed by atoms with Gasteiger partial charge in [-0.3, -0.25) is 4.90 Å². The molecule has 0 spiro atoms. The van der Waals surface area contributed by atoms with E-state index in [-0.39, 0.29) is 5.75 Å². The number of halogens is 3. The topological polar surface area (TPSA) is 12.5 Å². The quantitative estimate of drug-likeness (QED) is 0.415. The van der Waals surface area contributed by atoms with Crippen molar-refractivity contribution in [3.05, 3.63) is 90.0 Å². The first kappa shape index (κ1) is 21.1. The van der Waals surface area contributed by atoms with Crippen molar-refractivity contribution in [3.63, 3.8) is 0 Å². The van der Waals surface area contributed by atoms with Crippen LogP contribution in [0.2, 0.25) is 0 Å². The number of piperidine rings is 1. The van der Waals surface area contributed by atoms with Crippen LogP contribution in [0.15, 0.2) is 78.9 Å². The molecule has 3 aromatic carbocycles. The lowest BCUT2D eigenvalue weighted by Gasteiger charge is -2.20. The fourth-order valence-electron chi connectivity index (χ4n) is 5.22. The van der Waals surface area contributed by atoms with Gasteiger partial charge in [0.05, 0.1) is 0 Å². The molecule has 0 amide bonds. The van der Waals surface area contributed by atoms with Gasteiger partial charge in [-0.1, -0.05) is 66.7 Å². The van der Waals surface area contributed by atoms with Gasteiger partial charge in [0.2, 0.25) is 0 Å². The van der Waals surface area contributed by atoms with E-state index in [1.165, 1.54) is 28.8 Å². The third-order valence-electron chi connectivity index (χ3n) is 6.81. The van der Waals surface area contributed by atoms with E-state index in [0.717, 1.165) is 49.9 Å². The van der Waals surface area contributed by atoms with E-state index in [4.69, 9.17) is 0 Å². The van der Waals surface area contributed by atoms with Crippen LogP contribution in [-0.2, 0) is 13.0 Å². The summed E-state index contributed by atoms with van der Waals surface area (Å²) in [6, 6.07) is 25.6. The summed E-state index contributed by atoms with van der Waals surface area (Å²) in [5, 5.41) is 0. The minimum Gasteiger partial charge on any atom is -0.406 e. The molecule has 0 aromatic heterocycles. The number of hydrogen-bond acceptors (Lipinski definition) is 2. The molecule has 2 atom stereocenters. The van der Waals surface area contributed by atoms with E-state index in [2.05, 4.69) is 58.2 Å². The molecule has 3 aromatic rings. The molecule has 0 N–H and O–H groups in total. The number of alkyl halides is 3. The van der Waals surface area contributed by atoms with E-state index >= 15 is 0 Å². The minimum atomic E-state index is -4.64. The van der Waals surface area contributed by atoms with Gasteiger partial charge in [0.25, 0.3) is 0 Å².